The maximum absolute atomic E-state index is 14.0. The summed E-state index contributed by atoms with van der Waals surface area (Å²) in [5.41, 5.74) is 9.09. The summed E-state index contributed by atoms with van der Waals surface area (Å²) < 4.78 is 2.01. The van der Waals surface area contributed by atoms with Crippen LogP contribution in [0.2, 0.25) is 0 Å². The minimum Gasteiger partial charge on any atom is -0.289 e. The number of fused-ring (bicyclic) bond motifs is 2. The molecule has 0 atom stereocenters. The average Bonchev–Trinajstić information content (AvgIpc) is 3.02. The van der Waals surface area contributed by atoms with Crippen molar-refractivity contribution in [2.24, 2.45) is 0 Å². The zero-order chi connectivity index (χ0) is 26.2. The van der Waals surface area contributed by atoms with Crippen LogP contribution in [0.5, 0.6) is 0 Å². The summed E-state index contributed by atoms with van der Waals surface area (Å²) in [6.07, 6.45) is 0. The highest BCUT2D eigenvalue weighted by Gasteiger charge is 2.13. The van der Waals surface area contributed by atoms with Crippen molar-refractivity contribution < 1.29 is 0 Å². The molecular formula is C37H24OS. The fourth-order valence-corrected chi connectivity index (χ4v) is 6.43. The van der Waals surface area contributed by atoms with Gasteiger partial charge in [0.2, 0.25) is 0 Å². The Bertz CT molecular complexity index is 1880. The first-order valence-electron chi connectivity index (χ1n) is 13.1. The third kappa shape index (κ3) is 4.25. The zero-order valence-corrected chi connectivity index (χ0v) is 22.0. The minimum absolute atomic E-state index is 0.0804. The Balaban J connectivity index is 1.39. The van der Waals surface area contributed by atoms with Crippen LogP contribution in [0.4, 0.5) is 0 Å². The van der Waals surface area contributed by atoms with E-state index in [2.05, 4.69) is 133 Å². The zero-order valence-electron chi connectivity index (χ0n) is 21.2. The second-order valence-corrected chi connectivity index (χ2v) is 10.8. The van der Waals surface area contributed by atoms with Gasteiger partial charge < -0.3 is 0 Å². The Morgan fingerprint density at radius 1 is 0.359 bits per heavy atom. The second-order valence-electron chi connectivity index (χ2n) is 9.68. The quantitative estimate of drug-likeness (QED) is 0.213. The van der Waals surface area contributed by atoms with Crippen molar-refractivity contribution >= 4 is 31.5 Å². The molecule has 0 unspecified atom stereocenters. The average molecular weight is 517 g/mol. The van der Waals surface area contributed by atoms with Crippen LogP contribution < -0.4 is 5.43 Å². The van der Waals surface area contributed by atoms with E-state index in [0.717, 1.165) is 53.6 Å². The summed E-state index contributed by atoms with van der Waals surface area (Å²) in [6.45, 7) is 0. The van der Waals surface area contributed by atoms with Gasteiger partial charge in [-0.05, 0) is 68.8 Å². The number of benzene rings is 6. The van der Waals surface area contributed by atoms with E-state index >= 15 is 0 Å². The number of rotatable bonds is 4. The van der Waals surface area contributed by atoms with Gasteiger partial charge in [0.15, 0.2) is 5.43 Å². The molecule has 0 amide bonds. The van der Waals surface area contributed by atoms with E-state index in [-0.39, 0.29) is 5.43 Å². The van der Waals surface area contributed by atoms with Crippen LogP contribution in [-0.2, 0) is 0 Å². The summed E-state index contributed by atoms with van der Waals surface area (Å²) in [5.74, 6) is 0. The summed E-state index contributed by atoms with van der Waals surface area (Å²) in [5, 5.41) is 1.53. The molecular weight excluding hydrogens is 492 g/mol. The predicted octanol–water partition coefficient (Wildman–Crippen LogP) is 10.1. The maximum Gasteiger partial charge on any atom is 0.195 e. The smallest absolute Gasteiger partial charge is 0.195 e. The van der Waals surface area contributed by atoms with Gasteiger partial charge in [-0.25, -0.2) is 0 Å². The van der Waals surface area contributed by atoms with Crippen LogP contribution in [0.3, 0.4) is 0 Å². The predicted molar refractivity (Wildman–Crippen MR) is 167 cm³/mol. The molecule has 1 nitrogen and oxygen atoms in total. The molecule has 0 aliphatic heterocycles. The normalized spacial score (nSPS) is 11.2. The number of hydrogen-bond donors (Lipinski definition) is 0. The van der Waals surface area contributed by atoms with Crippen LogP contribution >= 0.6 is 11.3 Å². The molecule has 0 aliphatic carbocycles. The van der Waals surface area contributed by atoms with E-state index in [4.69, 9.17) is 0 Å². The maximum atomic E-state index is 14.0. The van der Waals surface area contributed by atoms with Crippen molar-refractivity contribution in [2.75, 3.05) is 0 Å². The van der Waals surface area contributed by atoms with E-state index in [9.17, 15) is 4.79 Å². The van der Waals surface area contributed by atoms with Crippen LogP contribution in [0.1, 0.15) is 0 Å². The first kappa shape index (κ1) is 23.3. The standard InChI is InChI=1S/C37H24OS/c38-37-33-23-27(31-17-9-7-15-29(31)25-11-3-1-4-12-25)19-21-35(33)39-36-22-20-28(24-34(36)37)32-18-10-8-16-30(32)26-13-5-2-6-14-26/h1-24H. The van der Waals surface area contributed by atoms with Gasteiger partial charge in [0.05, 0.1) is 0 Å². The molecule has 7 rings (SSSR count). The van der Waals surface area contributed by atoms with Gasteiger partial charge in [0.1, 0.15) is 0 Å². The first-order chi connectivity index (χ1) is 19.3. The lowest BCUT2D eigenvalue weighted by Gasteiger charge is -2.12. The fourth-order valence-electron chi connectivity index (χ4n) is 5.40. The lowest BCUT2D eigenvalue weighted by molar-refractivity contribution is 1.59. The molecule has 0 spiro atoms. The third-order valence-electron chi connectivity index (χ3n) is 7.31. The summed E-state index contributed by atoms with van der Waals surface area (Å²) >= 11 is 1.67. The lowest BCUT2D eigenvalue weighted by atomic mass is 9.93. The summed E-state index contributed by atoms with van der Waals surface area (Å²) in [7, 11) is 0. The molecule has 0 radical (unpaired) electrons. The largest absolute Gasteiger partial charge is 0.289 e. The summed E-state index contributed by atoms with van der Waals surface area (Å²) in [4.78, 5) is 14.0. The Morgan fingerprint density at radius 2 is 0.718 bits per heavy atom. The van der Waals surface area contributed by atoms with Gasteiger partial charge in [0.25, 0.3) is 0 Å². The molecule has 1 aromatic heterocycles. The fraction of sp³-hybridized carbons (Fsp3) is 0. The Hall–Kier alpha value is -4.79. The molecule has 0 saturated heterocycles. The van der Waals surface area contributed by atoms with E-state index in [1.807, 2.05) is 12.1 Å². The van der Waals surface area contributed by atoms with Gasteiger partial charge >= 0.3 is 0 Å². The first-order valence-corrected chi connectivity index (χ1v) is 13.9. The van der Waals surface area contributed by atoms with Crippen molar-refractivity contribution in [1.82, 2.24) is 0 Å². The molecule has 0 saturated carbocycles. The summed E-state index contributed by atoms with van der Waals surface area (Å²) in [6, 6.07) is 50.2. The van der Waals surface area contributed by atoms with Crippen molar-refractivity contribution in [3.8, 4) is 44.5 Å². The van der Waals surface area contributed by atoms with Crippen LogP contribution in [-0.4, -0.2) is 0 Å². The van der Waals surface area contributed by atoms with Crippen LogP contribution in [0.25, 0.3) is 64.7 Å². The molecule has 7 aromatic rings. The Morgan fingerprint density at radius 3 is 1.13 bits per heavy atom. The lowest BCUT2D eigenvalue weighted by Crippen LogP contribution is -2.01. The molecule has 184 valence electrons. The van der Waals surface area contributed by atoms with Crippen LogP contribution in [0, 0.1) is 0 Å². The monoisotopic (exact) mass is 516 g/mol. The molecule has 6 aromatic carbocycles. The molecule has 0 bridgehead atoms. The molecule has 1 heterocycles. The van der Waals surface area contributed by atoms with Crippen molar-refractivity contribution in [3.63, 3.8) is 0 Å². The molecule has 0 aliphatic rings. The minimum atomic E-state index is 0.0804. The Labute approximate surface area is 231 Å². The highest BCUT2D eigenvalue weighted by Crippen LogP contribution is 2.37. The topological polar surface area (TPSA) is 17.1 Å². The van der Waals surface area contributed by atoms with Gasteiger partial charge in [-0.3, -0.25) is 4.79 Å². The van der Waals surface area contributed by atoms with Crippen LogP contribution in [0.15, 0.2) is 150 Å². The van der Waals surface area contributed by atoms with Gasteiger partial charge in [0, 0.05) is 20.2 Å². The van der Waals surface area contributed by atoms with Gasteiger partial charge in [-0.1, -0.05) is 121 Å². The van der Waals surface area contributed by atoms with E-state index in [1.165, 1.54) is 11.1 Å². The Kier molecular flexibility index (Phi) is 5.88. The highest BCUT2D eigenvalue weighted by molar-refractivity contribution is 7.24. The second kappa shape index (κ2) is 9.83. The molecule has 0 N–H and O–H groups in total. The molecule has 2 heteroatoms. The van der Waals surface area contributed by atoms with E-state index in [0.29, 0.717) is 0 Å². The van der Waals surface area contributed by atoms with Gasteiger partial charge in [-0.2, -0.15) is 0 Å². The van der Waals surface area contributed by atoms with Crippen molar-refractivity contribution in [3.05, 3.63) is 156 Å². The number of hydrogen-bond acceptors (Lipinski definition) is 2. The van der Waals surface area contributed by atoms with Gasteiger partial charge in [-0.15, -0.1) is 11.3 Å². The van der Waals surface area contributed by atoms with E-state index < -0.39 is 0 Å². The van der Waals surface area contributed by atoms with Crippen molar-refractivity contribution in [1.29, 1.82) is 0 Å². The van der Waals surface area contributed by atoms with E-state index in [1.54, 1.807) is 11.3 Å². The third-order valence-corrected chi connectivity index (χ3v) is 8.47. The molecule has 39 heavy (non-hydrogen) atoms. The SMILES string of the molecule is O=c1c2cc(-c3ccccc3-c3ccccc3)ccc2sc2ccc(-c3ccccc3-c3ccccc3)cc12. The molecule has 0 fully saturated rings. The highest BCUT2D eigenvalue weighted by atomic mass is 32.1. The van der Waals surface area contributed by atoms with Crippen molar-refractivity contribution in [2.45, 2.75) is 0 Å².